The Morgan fingerprint density at radius 1 is 0.522 bits per heavy atom. The third kappa shape index (κ3) is 32.3. The maximum absolute atomic E-state index is 12.1. The molecule has 1 aromatic carbocycles. The van der Waals surface area contributed by atoms with Crippen LogP contribution in [0.1, 0.15) is 174 Å². The summed E-state index contributed by atoms with van der Waals surface area (Å²) in [4.78, 5) is 0.247. The SMILES string of the molecule is CCCCCCCCSCCCCCCCCO.CCCCCCCCSCCCCCCCCOS(=O)(=O)c1ccc(C)cc1. The Morgan fingerprint density at radius 3 is 1.26 bits per heavy atom. The van der Waals surface area contributed by atoms with Gasteiger partial charge < -0.3 is 5.11 Å². The Bertz CT molecular complexity index is 814. The molecule has 0 aliphatic carbocycles. The van der Waals surface area contributed by atoms with Crippen molar-refractivity contribution in [1.82, 2.24) is 0 Å². The monoisotopic (exact) mass is 702 g/mol. The van der Waals surface area contributed by atoms with Gasteiger partial charge in [0.2, 0.25) is 0 Å². The summed E-state index contributed by atoms with van der Waals surface area (Å²) in [6.07, 6.45) is 31.3. The van der Waals surface area contributed by atoms with Gasteiger partial charge in [0, 0.05) is 6.61 Å². The van der Waals surface area contributed by atoms with Crippen LogP contribution in [0.4, 0.5) is 0 Å². The van der Waals surface area contributed by atoms with Crippen molar-refractivity contribution in [2.75, 3.05) is 36.2 Å². The fourth-order valence-corrected chi connectivity index (χ4v) is 8.13. The molecule has 0 saturated heterocycles. The van der Waals surface area contributed by atoms with Crippen LogP contribution in [0, 0.1) is 6.92 Å². The lowest BCUT2D eigenvalue weighted by molar-refractivity contribution is 0.282. The predicted octanol–water partition coefficient (Wildman–Crippen LogP) is 12.5. The molecule has 1 aromatic rings. The number of aliphatic hydroxyl groups is 1. The zero-order valence-corrected chi connectivity index (χ0v) is 32.9. The highest BCUT2D eigenvalue weighted by Gasteiger charge is 2.14. The molecule has 7 heteroatoms. The van der Waals surface area contributed by atoms with Gasteiger partial charge >= 0.3 is 0 Å². The summed E-state index contributed by atoms with van der Waals surface area (Å²) < 4.78 is 29.3. The van der Waals surface area contributed by atoms with Gasteiger partial charge in [-0.15, -0.1) is 0 Å². The molecular weight excluding hydrogens is 629 g/mol. The first kappa shape index (κ1) is 45.8. The molecule has 272 valence electrons. The van der Waals surface area contributed by atoms with E-state index in [2.05, 4.69) is 37.4 Å². The van der Waals surface area contributed by atoms with Crippen LogP contribution in [0.5, 0.6) is 0 Å². The predicted molar refractivity (Wildman–Crippen MR) is 208 cm³/mol. The highest BCUT2D eigenvalue weighted by Crippen LogP contribution is 2.16. The Balaban J connectivity index is 0.000000973. The first-order valence-electron chi connectivity index (χ1n) is 19.2. The van der Waals surface area contributed by atoms with Gasteiger partial charge in [-0.1, -0.05) is 147 Å². The molecule has 46 heavy (non-hydrogen) atoms. The quantitative estimate of drug-likeness (QED) is 0.0581. The number of benzene rings is 1. The second-order valence-electron chi connectivity index (χ2n) is 12.8. The molecule has 1 N–H and O–H groups in total. The van der Waals surface area contributed by atoms with Crippen molar-refractivity contribution in [2.24, 2.45) is 0 Å². The second kappa shape index (κ2) is 36.1. The van der Waals surface area contributed by atoms with Crippen molar-refractivity contribution in [3.63, 3.8) is 0 Å². The van der Waals surface area contributed by atoms with Gasteiger partial charge in [-0.25, -0.2) is 0 Å². The summed E-state index contributed by atoms with van der Waals surface area (Å²) in [5, 5.41) is 8.65. The Labute approximate surface area is 295 Å². The van der Waals surface area contributed by atoms with E-state index in [1.165, 1.54) is 151 Å². The van der Waals surface area contributed by atoms with Crippen LogP contribution in [-0.4, -0.2) is 49.7 Å². The van der Waals surface area contributed by atoms with E-state index in [1.54, 1.807) is 24.3 Å². The fourth-order valence-electron chi connectivity index (χ4n) is 5.15. The molecule has 0 spiro atoms. The number of aryl methyl sites for hydroxylation is 1. The van der Waals surface area contributed by atoms with Crippen molar-refractivity contribution in [1.29, 1.82) is 0 Å². The average Bonchev–Trinajstić information content (AvgIpc) is 3.05. The molecule has 1 rings (SSSR count). The highest BCUT2D eigenvalue weighted by molar-refractivity contribution is 7.99. The summed E-state index contributed by atoms with van der Waals surface area (Å²) in [6, 6.07) is 6.80. The van der Waals surface area contributed by atoms with Crippen LogP contribution < -0.4 is 0 Å². The van der Waals surface area contributed by atoms with Gasteiger partial charge in [0.1, 0.15) is 0 Å². The molecule has 0 aliphatic heterocycles. The number of aliphatic hydroxyl groups excluding tert-OH is 1. The maximum atomic E-state index is 12.1. The van der Waals surface area contributed by atoms with Crippen LogP contribution in [0.3, 0.4) is 0 Å². The molecule has 0 unspecified atom stereocenters. The van der Waals surface area contributed by atoms with E-state index in [-0.39, 0.29) is 11.5 Å². The van der Waals surface area contributed by atoms with E-state index in [9.17, 15) is 8.42 Å². The standard InChI is InChI=1S/C23H40O3S2.C16H34OS/c1-3-4-5-6-10-13-20-27-21-14-11-8-7-9-12-19-26-28(24,25)23-17-15-22(2)16-18-23;1-2-3-4-5-9-12-15-18-16-13-10-7-6-8-11-14-17/h15-18H,3-14,19-21H2,1-2H3;17H,2-16H2,1H3. The smallest absolute Gasteiger partial charge is 0.296 e. The van der Waals surface area contributed by atoms with Gasteiger partial charge in [-0.3, -0.25) is 4.18 Å². The first-order chi connectivity index (χ1) is 22.5. The summed E-state index contributed by atoms with van der Waals surface area (Å²) in [5.41, 5.74) is 1.04. The lowest BCUT2D eigenvalue weighted by Gasteiger charge is -2.06. The van der Waals surface area contributed by atoms with Crippen LogP contribution >= 0.6 is 23.5 Å². The summed E-state index contributed by atoms with van der Waals surface area (Å²) in [5.74, 6) is 5.33. The molecule has 0 bridgehead atoms. The Kier molecular flexibility index (Phi) is 35.9. The number of rotatable bonds is 33. The van der Waals surface area contributed by atoms with Gasteiger partial charge in [-0.2, -0.15) is 31.9 Å². The number of thioether (sulfide) groups is 2. The summed E-state index contributed by atoms with van der Waals surface area (Å²) in [7, 11) is -3.60. The molecule has 0 amide bonds. The average molecular weight is 703 g/mol. The van der Waals surface area contributed by atoms with Crippen LogP contribution in [0.15, 0.2) is 29.2 Å². The maximum Gasteiger partial charge on any atom is 0.296 e. The third-order valence-corrected chi connectivity index (χ3v) is 11.8. The third-order valence-electron chi connectivity index (χ3n) is 8.21. The van der Waals surface area contributed by atoms with E-state index in [1.807, 2.05) is 6.92 Å². The summed E-state index contributed by atoms with van der Waals surface area (Å²) in [6.45, 7) is 7.13. The van der Waals surface area contributed by atoms with Crippen molar-refractivity contribution < 1.29 is 17.7 Å². The van der Waals surface area contributed by atoms with Crippen molar-refractivity contribution in [3.8, 4) is 0 Å². The van der Waals surface area contributed by atoms with E-state index in [4.69, 9.17) is 9.29 Å². The van der Waals surface area contributed by atoms with Crippen LogP contribution in [0.25, 0.3) is 0 Å². The van der Waals surface area contributed by atoms with Gasteiger partial charge in [-0.05, 0) is 80.6 Å². The Morgan fingerprint density at radius 2 is 0.870 bits per heavy atom. The fraction of sp³-hybridized carbons (Fsp3) is 0.846. The van der Waals surface area contributed by atoms with Crippen molar-refractivity contribution in [2.45, 2.75) is 180 Å². The molecule has 0 aliphatic rings. The molecule has 0 heterocycles. The lowest BCUT2D eigenvalue weighted by atomic mass is 10.1. The number of unbranched alkanes of at least 4 members (excludes halogenated alkanes) is 20. The van der Waals surface area contributed by atoms with Gasteiger partial charge in [0.05, 0.1) is 11.5 Å². The second-order valence-corrected chi connectivity index (χ2v) is 16.9. The largest absolute Gasteiger partial charge is 0.396 e. The van der Waals surface area contributed by atoms with Gasteiger partial charge in [0.25, 0.3) is 10.1 Å². The van der Waals surface area contributed by atoms with E-state index >= 15 is 0 Å². The minimum Gasteiger partial charge on any atom is -0.396 e. The normalized spacial score (nSPS) is 11.5. The minimum atomic E-state index is -3.60. The lowest BCUT2D eigenvalue weighted by Crippen LogP contribution is -2.07. The van der Waals surface area contributed by atoms with Crippen LogP contribution in [0.2, 0.25) is 0 Å². The number of hydrogen-bond acceptors (Lipinski definition) is 6. The van der Waals surface area contributed by atoms with E-state index < -0.39 is 10.1 Å². The first-order valence-corrected chi connectivity index (χ1v) is 22.9. The zero-order valence-electron chi connectivity index (χ0n) is 30.4. The molecule has 0 atom stereocenters. The molecule has 4 nitrogen and oxygen atoms in total. The molecule has 0 aromatic heterocycles. The van der Waals surface area contributed by atoms with Crippen molar-refractivity contribution >= 4 is 33.6 Å². The zero-order chi connectivity index (χ0) is 33.8. The van der Waals surface area contributed by atoms with E-state index in [0.29, 0.717) is 6.61 Å². The molecule has 0 radical (unpaired) electrons. The van der Waals surface area contributed by atoms with E-state index in [0.717, 1.165) is 31.2 Å². The minimum absolute atomic E-state index is 0.247. The topological polar surface area (TPSA) is 63.6 Å². The van der Waals surface area contributed by atoms with Gasteiger partial charge in [0.15, 0.2) is 0 Å². The molecule has 0 saturated carbocycles. The Hall–Kier alpha value is -0.210. The molecule has 0 fully saturated rings. The number of hydrogen-bond donors (Lipinski definition) is 1. The highest BCUT2D eigenvalue weighted by atomic mass is 32.2. The molecular formula is C39H74O4S3. The van der Waals surface area contributed by atoms with Crippen LogP contribution in [-0.2, 0) is 14.3 Å². The summed E-state index contributed by atoms with van der Waals surface area (Å²) >= 11 is 4.25. The van der Waals surface area contributed by atoms with Crippen molar-refractivity contribution in [3.05, 3.63) is 29.8 Å².